The number of nitrogens with one attached hydrogen (secondary N) is 1. The Morgan fingerprint density at radius 2 is 2.09 bits per heavy atom. The van der Waals surface area contributed by atoms with Crippen molar-refractivity contribution in [2.45, 2.75) is 26.8 Å². The number of H-pyrrole nitrogens is 1. The molecule has 23 heavy (non-hydrogen) atoms. The molecule has 1 unspecified atom stereocenters. The van der Waals surface area contributed by atoms with E-state index < -0.39 is 0 Å². The monoisotopic (exact) mass is 316 g/mol. The Hall–Kier alpha value is -2.08. The number of hydrogen-bond acceptors (Lipinski definition) is 4. The highest BCUT2D eigenvalue weighted by Crippen LogP contribution is 2.24. The van der Waals surface area contributed by atoms with Gasteiger partial charge < -0.3 is 14.6 Å². The molecule has 1 N–H and O–H groups in total. The highest BCUT2D eigenvalue weighted by Gasteiger charge is 2.24. The topological polar surface area (TPSA) is 61.5 Å². The van der Waals surface area contributed by atoms with E-state index >= 15 is 0 Å². The molecule has 1 aromatic heterocycles. The molecule has 1 saturated heterocycles. The summed E-state index contributed by atoms with van der Waals surface area (Å²) in [6, 6.07) is 6.13. The average Bonchev–Trinajstić information content (AvgIpc) is 2.98. The van der Waals surface area contributed by atoms with Crippen molar-refractivity contribution in [2.24, 2.45) is 0 Å². The lowest BCUT2D eigenvalue weighted by Gasteiger charge is -2.36. The van der Waals surface area contributed by atoms with Gasteiger partial charge in [-0.25, -0.2) is 4.98 Å². The molecule has 2 aromatic rings. The second-order valence-electron chi connectivity index (χ2n) is 5.95. The van der Waals surface area contributed by atoms with Gasteiger partial charge in [0.15, 0.2) is 0 Å². The minimum atomic E-state index is 0.157. The standard InChI is InChI=1S/C17H24N4O2/c1-4-23-14-5-6-15-16(11-14)19-17(18-15)12(2)20-7-9-21(10-8-20)13(3)22/h5-6,11-12H,4,7-10H2,1-3H3,(H,18,19). The highest BCUT2D eigenvalue weighted by atomic mass is 16.5. The molecule has 0 saturated carbocycles. The van der Waals surface area contributed by atoms with Gasteiger partial charge >= 0.3 is 0 Å². The molecule has 1 aromatic carbocycles. The van der Waals surface area contributed by atoms with E-state index in [1.165, 1.54) is 0 Å². The zero-order valence-corrected chi connectivity index (χ0v) is 14.0. The predicted molar refractivity (Wildman–Crippen MR) is 89.5 cm³/mol. The molecule has 124 valence electrons. The smallest absolute Gasteiger partial charge is 0.219 e. The van der Waals surface area contributed by atoms with E-state index in [1.807, 2.05) is 30.0 Å². The van der Waals surface area contributed by atoms with E-state index in [2.05, 4.69) is 16.8 Å². The molecular formula is C17H24N4O2. The van der Waals surface area contributed by atoms with Gasteiger partial charge in [-0.2, -0.15) is 0 Å². The Morgan fingerprint density at radius 3 is 2.74 bits per heavy atom. The normalized spacial score (nSPS) is 17.4. The number of imidazole rings is 1. The molecule has 1 fully saturated rings. The van der Waals surface area contributed by atoms with Crippen LogP contribution < -0.4 is 4.74 Å². The Bertz CT molecular complexity index is 689. The van der Waals surface area contributed by atoms with Crippen LogP contribution >= 0.6 is 0 Å². The zero-order valence-electron chi connectivity index (χ0n) is 14.0. The van der Waals surface area contributed by atoms with Gasteiger partial charge in [-0.3, -0.25) is 9.69 Å². The maximum absolute atomic E-state index is 11.4. The largest absolute Gasteiger partial charge is 0.494 e. The summed E-state index contributed by atoms with van der Waals surface area (Å²) in [5.41, 5.74) is 1.96. The summed E-state index contributed by atoms with van der Waals surface area (Å²) >= 11 is 0. The number of carbonyl (C=O) groups excluding carboxylic acids is 1. The Morgan fingerprint density at radius 1 is 1.35 bits per heavy atom. The summed E-state index contributed by atoms with van der Waals surface area (Å²) in [6.07, 6.45) is 0. The molecule has 1 amide bonds. The van der Waals surface area contributed by atoms with Crippen LogP contribution in [0.1, 0.15) is 32.6 Å². The first-order valence-electron chi connectivity index (χ1n) is 8.20. The lowest BCUT2D eigenvalue weighted by molar-refractivity contribution is -0.130. The van der Waals surface area contributed by atoms with E-state index in [0.717, 1.165) is 48.8 Å². The average molecular weight is 316 g/mol. The van der Waals surface area contributed by atoms with E-state index in [0.29, 0.717) is 6.61 Å². The first-order valence-corrected chi connectivity index (χ1v) is 8.20. The van der Waals surface area contributed by atoms with Gasteiger partial charge in [0.05, 0.1) is 23.7 Å². The van der Waals surface area contributed by atoms with Gasteiger partial charge in [0.2, 0.25) is 5.91 Å². The quantitative estimate of drug-likeness (QED) is 0.939. The van der Waals surface area contributed by atoms with Crippen LogP contribution in [-0.2, 0) is 4.79 Å². The number of rotatable bonds is 4. The summed E-state index contributed by atoms with van der Waals surface area (Å²) in [5.74, 6) is 1.98. The van der Waals surface area contributed by atoms with Crippen molar-refractivity contribution in [1.29, 1.82) is 0 Å². The fourth-order valence-corrected chi connectivity index (χ4v) is 3.06. The summed E-state index contributed by atoms with van der Waals surface area (Å²) < 4.78 is 5.54. The van der Waals surface area contributed by atoms with Gasteiger partial charge in [-0.15, -0.1) is 0 Å². The SMILES string of the molecule is CCOc1ccc2nc(C(C)N3CCN(C(C)=O)CC3)[nH]c2c1. The first kappa shape index (κ1) is 15.8. The fraction of sp³-hybridized carbons (Fsp3) is 0.529. The maximum Gasteiger partial charge on any atom is 0.219 e. The van der Waals surface area contributed by atoms with Crippen LogP contribution in [0.4, 0.5) is 0 Å². The van der Waals surface area contributed by atoms with Gasteiger partial charge in [0.1, 0.15) is 11.6 Å². The van der Waals surface area contributed by atoms with Gasteiger partial charge in [0.25, 0.3) is 0 Å². The third-order valence-electron chi connectivity index (χ3n) is 4.49. The number of fused-ring (bicyclic) bond motifs is 1. The van der Waals surface area contributed by atoms with Crippen LogP contribution in [-0.4, -0.2) is 58.5 Å². The minimum Gasteiger partial charge on any atom is -0.494 e. The minimum absolute atomic E-state index is 0.157. The van der Waals surface area contributed by atoms with Crippen LogP contribution in [0.25, 0.3) is 11.0 Å². The Kier molecular flexibility index (Phi) is 4.52. The van der Waals surface area contributed by atoms with E-state index in [-0.39, 0.29) is 11.9 Å². The number of hydrogen-bond donors (Lipinski definition) is 1. The van der Waals surface area contributed by atoms with E-state index in [9.17, 15) is 4.79 Å². The lowest BCUT2D eigenvalue weighted by Crippen LogP contribution is -2.48. The van der Waals surface area contributed by atoms with Crippen molar-refractivity contribution in [3.8, 4) is 5.75 Å². The van der Waals surface area contributed by atoms with Gasteiger partial charge in [0, 0.05) is 39.2 Å². The predicted octanol–water partition coefficient (Wildman–Crippen LogP) is 2.19. The van der Waals surface area contributed by atoms with Crippen molar-refractivity contribution < 1.29 is 9.53 Å². The number of nitrogens with zero attached hydrogens (tertiary/aromatic N) is 3. The first-order chi connectivity index (χ1) is 11.1. The molecule has 0 spiro atoms. The van der Waals surface area contributed by atoms with Crippen molar-refractivity contribution in [2.75, 3.05) is 32.8 Å². The number of piperazine rings is 1. The number of amides is 1. The third kappa shape index (κ3) is 3.32. The van der Waals surface area contributed by atoms with Crippen LogP contribution in [0.15, 0.2) is 18.2 Å². The number of benzene rings is 1. The molecule has 0 aliphatic carbocycles. The third-order valence-corrected chi connectivity index (χ3v) is 4.49. The summed E-state index contributed by atoms with van der Waals surface area (Å²) in [7, 11) is 0. The number of aromatic nitrogens is 2. The van der Waals surface area contributed by atoms with Crippen LogP contribution in [0.3, 0.4) is 0 Å². The lowest BCUT2D eigenvalue weighted by atomic mass is 10.2. The van der Waals surface area contributed by atoms with E-state index in [1.54, 1.807) is 6.92 Å². The number of aromatic amines is 1. The molecule has 1 aliphatic heterocycles. The molecule has 1 aliphatic rings. The van der Waals surface area contributed by atoms with Crippen molar-refractivity contribution in [3.63, 3.8) is 0 Å². The van der Waals surface area contributed by atoms with Crippen molar-refractivity contribution in [3.05, 3.63) is 24.0 Å². The second-order valence-corrected chi connectivity index (χ2v) is 5.95. The second kappa shape index (κ2) is 6.58. The van der Waals surface area contributed by atoms with Gasteiger partial charge in [-0.05, 0) is 26.0 Å². The highest BCUT2D eigenvalue weighted by molar-refractivity contribution is 5.77. The molecule has 6 heteroatoms. The van der Waals surface area contributed by atoms with Crippen molar-refractivity contribution >= 4 is 16.9 Å². The summed E-state index contributed by atoms with van der Waals surface area (Å²) in [5, 5.41) is 0. The zero-order chi connectivity index (χ0) is 16.4. The maximum atomic E-state index is 11.4. The fourth-order valence-electron chi connectivity index (χ4n) is 3.06. The molecular weight excluding hydrogens is 292 g/mol. The van der Waals surface area contributed by atoms with Crippen LogP contribution in [0, 0.1) is 0 Å². The Balaban J connectivity index is 1.73. The molecule has 1 atom stereocenters. The van der Waals surface area contributed by atoms with Crippen LogP contribution in [0.5, 0.6) is 5.75 Å². The molecule has 0 radical (unpaired) electrons. The van der Waals surface area contributed by atoms with Crippen molar-refractivity contribution in [1.82, 2.24) is 19.8 Å². The summed E-state index contributed by atoms with van der Waals surface area (Å²) in [6.45, 7) is 9.75. The van der Waals surface area contributed by atoms with E-state index in [4.69, 9.17) is 9.72 Å². The van der Waals surface area contributed by atoms with Gasteiger partial charge in [-0.1, -0.05) is 0 Å². The Labute approximate surface area is 136 Å². The molecule has 0 bridgehead atoms. The number of carbonyl (C=O) groups is 1. The number of ether oxygens (including phenoxy) is 1. The molecule has 2 heterocycles. The van der Waals surface area contributed by atoms with Crippen LogP contribution in [0.2, 0.25) is 0 Å². The molecule has 6 nitrogen and oxygen atoms in total. The molecule has 3 rings (SSSR count). The summed E-state index contributed by atoms with van der Waals surface area (Å²) in [4.78, 5) is 23.8.